The zero-order valence-corrected chi connectivity index (χ0v) is 17.5. The summed E-state index contributed by atoms with van der Waals surface area (Å²) in [7, 11) is 0. The van der Waals surface area contributed by atoms with E-state index in [1.165, 1.54) is 30.3 Å². The van der Waals surface area contributed by atoms with Gasteiger partial charge >= 0.3 is 11.9 Å². The van der Waals surface area contributed by atoms with Gasteiger partial charge in [0.15, 0.2) is 5.69 Å². The van der Waals surface area contributed by atoms with E-state index in [0.717, 1.165) is 6.42 Å². The smallest absolute Gasteiger partial charge is 0.338 e. The maximum absolute atomic E-state index is 12.6. The number of hydrogen-bond donors (Lipinski definition) is 4. The van der Waals surface area contributed by atoms with Crippen molar-refractivity contribution in [3.63, 3.8) is 0 Å². The molecule has 0 radical (unpaired) electrons. The number of benzene rings is 1. The van der Waals surface area contributed by atoms with Gasteiger partial charge in [-0.3, -0.25) is 0 Å². The van der Waals surface area contributed by atoms with Gasteiger partial charge in [0, 0.05) is 28.9 Å². The Morgan fingerprint density at radius 3 is 2.61 bits per heavy atom. The number of esters is 2. The van der Waals surface area contributed by atoms with Crippen LogP contribution < -0.4 is 5.23 Å². The van der Waals surface area contributed by atoms with Gasteiger partial charge in [-0.25, -0.2) is 14.8 Å². The number of rotatable bonds is 4. The number of cyclic esters (lactones) is 1. The van der Waals surface area contributed by atoms with E-state index in [1.807, 2.05) is 13.8 Å². The summed E-state index contributed by atoms with van der Waals surface area (Å²) in [5, 5.41) is 41.3. The topological polar surface area (TPSA) is 141 Å². The van der Waals surface area contributed by atoms with Crippen LogP contribution in [0.1, 0.15) is 43.5 Å². The summed E-state index contributed by atoms with van der Waals surface area (Å²) in [6.45, 7) is 3.64. The highest BCUT2D eigenvalue weighted by molar-refractivity contribution is 5.94. The van der Waals surface area contributed by atoms with Crippen molar-refractivity contribution in [1.82, 2.24) is 0 Å². The summed E-state index contributed by atoms with van der Waals surface area (Å²) in [5.74, 6) is -1.66. The van der Waals surface area contributed by atoms with Crippen LogP contribution in [0.15, 0.2) is 35.9 Å². The molecule has 168 valence electrons. The SMILES string of the molecule is C[C@]1(COC(=O)c2ccc([NH+]([O-])O)cc2)CCC[C@@]2(C)[C@H]1[C@H](O)C=C1C(=O)OC[C@@]12O. The number of ether oxygens (including phenoxy) is 2. The van der Waals surface area contributed by atoms with Crippen LogP contribution in [-0.2, 0) is 14.3 Å². The van der Waals surface area contributed by atoms with E-state index >= 15 is 0 Å². The molecule has 0 spiro atoms. The largest absolute Gasteiger partial charge is 0.595 e. The van der Waals surface area contributed by atoms with Gasteiger partial charge in [0.2, 0.25) is 0 Å². The molecule has 0 amide bonds. The fourth-order valence-electron chi connectivity index (χ4n) is 5.86. The van der Waals surface area contributed by atoms with Gasteiger partial charge < -0.3 is 24.9 Å². The van der Waals surface area contributed by atoms with Crippen molar-refractivity contribution in [2.75, 3.05) is 13.2 Å². The van der Waals surface area contributed by atoms with Gasteiger partial charge in [-0.15, -0.1) is 0 Å². The standard InChI is InChI=1S/C22H27NO8/c1-20(11-30-18(25)13-4-6-14(7-5-13)23(28)29)8-3-9-21(2)17(20)16(24)10-15-19(26)31-12-22(15,21)27/h4-7,10,16-17,23-24,27-28H,3,8-9,11-12H2,1-2H3/t16-,17+,20-,21+,22-/m1/s1. The van der Waals surface area contributed by atoms with Crippen molar-refractivity contribution in [3.05, 3.63) is 46.7 Å². The lowest BCUT2D eigenvalue weighted by atomic mass is 9.46. The molecule has 9 heteroatoms. The molecule has 31 heavy (non-hydrogen) atoms. The van der Waals surface area contributed by atoms with Crippen LogP contribution in [0.5, 0.6) is 0 Å². The fraction of sp³-hybridized carbons (Fsp3) is 0.545. The molecule has 0 bridgehead atoms. The van der Waals surface area contributed by atoms with E-state index in [9.17, 15) is 25.0 Å². The average Bonchev–Trinajstić information content (AvgIpc) is 3.02. The summed E-state index contributed by atoms with van der Waals surface area (Å²) in [6.07, 6.45) is 2.39. The minimum absolute atomic E-state index is 0.0118. The van der Waals surface area contributed by atoms with Crippen LogP contribution in [0.25, 0.3) is 0 Å². The third-order valence-corrected chi connectivity index (χ3v) is 7.48. The lowest BCUT2D eigenvalue weighted by molar-refractivity contribution is -0.991. The maximum Gasteiger partial charge on any atom is 0.338 e. The van der Waals surface area contributed by atoms with E-state index in [0.29, 0.717) is 12.8 Å². The molecule has 3 aliphatic rings. The second-order valence-electron chi connectivity index (χ2n) is 9.37. The van der Waals surface area contributed by atoms with Gasteiger partial charge in [0.05, 0.1) is 23.8 Å². The van der Waals surface area contributed by atoms with Crippen LogP contribution in [0, 0.1) is 22.0 Å². The van der Waals surface area contributed by atoms with Crippen LogP contribution >= 0.6 is 0 Å². The zero-order valence-electron chi connectivity index (χ0n) is 17.5. The zero-order chi connectivity index (χ0) is 22.6. The van der Waals surface area contributed by atoms with E-state index in [2.05, 4.69) is 0 Å². The highest BCUT2D eigenvalue weighted by Gasteiger charge is 2.67. The molecule has 4 N–H and O–H groups in total. The second kappa shape index (κ2) is 7.39. The number of carbonyl (C=O) groups is 2. The Morgan fingerprint density at radius 2 is 1.97 bits per heavy atom. The first kappa shape index (κ1) is 21.9. The molecule has 9 nitrogen and oxygen atoms in total. The van der Waals surface area contributed by atoms with Crippen molar-refractivity contribution in [2.45, 2.75) is 44.8 Å². The first-order chi connectivity index (χ1) is 14.5. The molecule has 2 fully saturated rings. The molecule has 2 aliphatic carbocycles. The summed E-state index contributed by atoms with van der Waals surface area (Å²) in [5.41, 5.74) is -2.56. The number of aliphatic hydroxyl groups excluding tert-OH is 1. The summed E-state index contributed by atoms with van der Waals surface area (Å²) in [4.78, 5) is 24.7. The number of hydrogen-bond acceptors (Lipinski definition) is 8. The molecular weight excluding hydrogens is 406 g/mol. The summed E-state index contributed by atoms with van der Waals surface area (Å²) < 4.78 is 10.7. The van der Waals surface area contributed by atoms with Crippen molar-refractivity contribution < 1.29 is 39.7 Å². The molecule has 1 aromatic carbocycles. The Hall–Kier alpha value is -2.30. The number of nitrogens with one attached hydrogen (secondary N) is 1. The number of quaternary nitrogens is 1. The van der Waals surface area contributed by atoms with Gasteiger partial charge in [-0.1, -0.05) is 20.3 Å². The predicted octanol–water partition coefficient (Wildman–Crippen LogP) is 0.648. The maximum atomic E-state index is 12.6. The minimum atomic E-state index is -1.49. The van der Waals surface area contributed by atoms with Crippen LogP contribution in [0.2, 0.25) is 0 Å². The Bertz CT molecular complexity index is 928. The second-order valence-corrected chi connectivity index (χ2v) is 9.37. The highest BCUT2D eigenvalue weighted by atomic mass is 16.8. The monoisotopic (exact) mass is 433 g/mol. The normalized spacial score (nSPS) is 37.9. The summed E-state index contributed by atoms with van der Waals surface area (Å²) >= 11 is 0. The molecule has 1 aromatic rings. The fourth-order valence-corrected chi connectivity index (χ4v) is 5.86. The van der Waals surface area contributed by atoms with Crippen molar-refractivity contribution in [1.29, 1.82) is 0 Å². The lowest BCUT2D eigenvalue weighted by Crippen LogP contribution is -2.99. The number of carbonyl (C=O) groups excluding carboxylic acids is 2. The molecule has 1 saturated carbocycles. The Kier molecular flexibility index (Phi) is 5.22. The predicted molar refractivity (Wildman–Crippen MR) is 106 cm³/mol. The highest BCUT2D eigenvalue weighted by Crippen LogP contribution is 2.62. The van der Waals surface area contributed by atoms with E-state index in [1.54, 1.807) is 0 Å². The molecule has 1 unspecified atom stereocenters. The number of aliphatic hydroxyl groups is 2. The van der Waals surface area contributed by atoms with Gasteiger partial charge in [-0.2, -0.15) is 5.23 Å². The Balaban J connectivity index is 1.57. The lowest BCUT2D eigenvalue weighted by Gasteiger charge is -2.59. The first-order valence-electron chi connectivity index (χ1n) is 10.3. The molecular formula is C22H27NO8. The third kappa shape index (κ3) is 3.28. The minimum Gasteiger partial charge on any atom is -0.595 e. The van der Waals surface area contributed by atoms with E-state index < -0.39 is 45.6 Å². The quantitative estimate of drug-likeness (QED) is 0.401. The van der Waals surface area contributed by atoms with Gasteiger partial charge in [0.1, 0.15) is 12.2 Å². The van der Waals surface area contributed by atoms with Crippen molar-refractivity contribution in [3.8, 4) is 0 Å². The molecule has 0 aromatic heterocycles. The van der Waals surface area contributed by atoms with Crippen molar-refractivity contribution in [2.24, 2.45) is 16.7 Å². The van der Waals surface area contributed by atoms with Gasteiger partial charge in [-0.05, 0) is 31.1 Å². The van der Waals surface area contributed by atoms with E-state index in [-0.39, 0.29) is 30.0 Å². The Morgan fingerprint density at radius 1 is 1.29 bits per heavy atom. The molecule has 1 saturated heterocycles. The number of fused-ring (bicyclic) bond motifs is 3. The van der Waals surface area contributed by atoms with Crippen molar-refractivity contribution >= 4 is 17.6 Å². The molecule has 1 heterocycles. The molecule has 1 aliphatic heterocycles. The first-order valence-corrected chi connectivity index (χ1v) is 10.3. The molecule has 6 atom stereocenters. The van der Waals surface area contributed by atoms with Gasteiger partial charge in [0.25, 0.3) is 0 Å². The molecule has 4 rings (SSSR count). The Labute approximate surface area is 179 Å². The third-order valence-electron chi connectivity index (χ3n) is 7.48. The average molecular weight is 433 g/mol. The van der Waals surface area contributed by atoms with Crippen LogP contribution in [0.4, 0.5) is 5.69 Å². The van der Waals surface area contributed by atoms with E-state index in [4.69, 9.17) is 14.7 Å². The van der Waals surface area contributed by atoms with Crippen LogP contribution in [-0.4, -0.2) is 52.3 Å². The summed E-state index contributed by atoms with van der Waals surface area (Å²) in [6, 6.07) is 5.46. The van der Waals surface area contributed by atoms with Crippen LogP contribution in [0.3, 0.4) is 0 Å².